The third-order valence-electron chi connectivity index (χ3n) is 7.53. The molecule has 1 saturated heterocycles. The summed E-state index contributed by atoms with van der Waals surface area (Å²) in [5.41, 5.74) is 2.22. The molecule has 1 heterocycles. The number of unbranched alkanes of at least 4 members (excludes halogenated alkanes) is 1. The number of likely N-dealkylation sites (tertiary alicyclic amines) is 1. The first-order valence-corrected chi connectivity index (χ1v) is 11.5. The number of hydrogen-bond acceptors (Lipinski definition) is 1. The molecule has 2 fully saturated rings. The van der Waals surface area contributed by atoms with E-state index in [9.17, 15) is 0 Å². The van der Waals surface area contributed by atoms with Gasteiger partial charge in [-0.25, -0.2) is 0 Å². The second kappa shape index (κ2) is 10.7. The maximum atomic E-state index is 3.90. The van der Waals surface area contributed by atoms with E-state index >= 15 is 0 Å². The van der Waals surface area contributed by atoms with Gasteiger partial charge in [-0.15, -0.1) is 6.58 Å². The molecule has 2 rings (SSSR count). The molecule has 0 N–H and O–H groups in total. The molecule has 1 aliphatic heterocycles. The molecule has 1 saturated carbocycles. The molecule has 1 heteroatoms. The smallest absolute Gasteiger partial charge is 0.000996 e. The van der Waals surface area contributed by atoms with Gasteiger partial charge in [0.05, 0.1) is 0 Å². The van der Waals surface area contributed by atoms with Crippen LogP contribution < -0.4 is 0 Å². The van der Waals surface area contributed by atoms with E-state index in [2.05, 4.69) is 51.4 Å². The van der Waals surface area contributed by atoms with Crippen LogP contribution in [0.1, 0.15) is 91.4 Å². The van der Waals surface area contributed by atoms with Gasteiger partial charge in [0, 0.05) is 13.1 Å². The zero-order valence-corrected chi connectivity index (χ0v) is 18.2. The number of rotatable bonds is 12. The van der Waals surface area contributed by atoms with E-state index in [1.165, 1.54) is 83.7 Å². The lowest BCUT2D eigenvalue weighted by Crippen LogP contribution is -2.20. The minimum absolute atomic E-state index is 0.571. The van der Waals surface area contributed by atoms with E-state index in [1.807, 2.05) is 0 Å². The van der Waals surface area contributed by atoms with E-state index in [4.69, 9.17) is 0 Å². The highest BCUT2D eigenvalue weighted by atomic mass is 15.1. The fourth-order valence-electron chi connectivity index (χ4n) is 5.84. The van der Waals surface area contributed by atoms with Crippen molar-refractivity contribution in [3.05, 3.63) is 24.3 Å². The van der Waals surface area contributed by atoms with Crippen LogP contribution >= 0.6 is 0 Å². The quantitative estimate of drug-likeness (QED) is 0.262. The Morgan fingerprint density at radius 2 is 1.81 bits per heavy atom. The molecular formula is C25H45N. The predicted molar refractivity (Wildman–Crippen MR) is 116 cm³/mol. The summed E-state index contributed by atoms with van der Waals surface area (Å²) in [4.78, 5) is 2.54. The summed E-state index contributed by atoms with van der Waals surface area (Å²) >= 11 is 0. The van der Waals surface area contributed by atoms with Crippen LogP contribution in [0.3, 0.4) is 0 Å². The minimum Gasteiger partial charge on any atom is -0.306 e. The molecule has 0 aromatic heterocycles. The lowest BCUT2D eigenvalue weighted by atomic mass is 9.72. The summed E-state index contributed by atoms with van der Waals surface area (Å²) in [5, 5.41) is 0. The van der Waals surface area contributed by atoms with E-state index in [0.29, 0.717) is 5.41 Å². The Morgan fingerprint density at radius 1 is 1.12 bits per heavy atom. The molecule has 0 bridgehead atoms. The van der Waals surface area contributed by atoms with Gasteiger partial charge in [0.1, 0.15) is 0 Å². The van der Waals surface area contributed by atoms with Crippen molar-refractivity contribution < 1.29 is 0 Å². The summed E-state index contributed by atoms with van der Waals surface area (Å²) in [7, 11) is 2.29. The molecule has 150 valence electrons. The maximum Gasteiger partial charge on any atom is 0.000996 e. The number of fused-ring (bicyclic) bond motifs is 1. The minimum atomic E-state index is 0.571. The fraction of sp³-hybridized carbons (Fsp3) is 0.840. The average molecular weight is 360 g/mol. The zero-order valence-electron chi connectivity index (χ0n) is 18.2. The third-order valence-corrected chi connectivity index (χ3v) is 7.53. The molecule has 26 heavy (non-hydrogen) atoms. The monoisotopic (exact) mass is 359 g/mol. The first kappa shape index (κ1) is 21.7. The highest BCUT2D eigenvalue weighted by molar-refractivity contribution is 5.02. The van der Waals surface area contributed by atoms with Crippen molar-refractivity contribution in [1.82, 2.24) is 4.90 Å². The molecule has 0 aromatic carbocycles. The third kappa shape index (κ3) is 6.25. The second-order valence-electron chi connectivity index (χ2n) is 9.65. The maximum absolute atomic E-state index is 3.90. The van der Waals surface area contributed by atoms with Crippen LogP contribution in [0.15, 0.2) is 24.3 Å². The summed E-state index contributed by atoms with van der Waals surface area (Å²) < 4.78 is 0. The number of allylic oxidation sites excluding steroid dienone is 3. The van der Waals surface area contributed by atoms with E-state index in [-0.39, 0.29) is 0 Å². The highest BCUT2D eigenvalue weighted by Crippen LogP contribution is 2.43. The number of hydrogen-bond donors (Lipinski definition) is 0. The van der Waals surface area contributed by atoms with Crippen LogP contribution in [0.2, 0.25) is 0 Å². The zero-order chi connectivity index (χ0) is 19.0. The fourth-order valence-corrected chi connectivity index (χ4v) is 5.84. The van der Waals surface area contributed by atoms with Gasteiger partial charge in [-0.3, -0.25) is 0 Å². The molecule has 2 aliphatic rings. The second-order valence-corrected chi connectivity index (χ2v) is 9.65. The predicted octanol–water partition coefficient (Wildman–Crippen LogP) is 7.24. The molecule has 0 radical (unpaired) electrons. The molecule has 1 nitrogen and oxygen atoms in total. The van der Waals surface area contributed by atoms with Crippen molar-refractivity contribution in [2.24, 2.45) is 23.2 Å². The van der Waals surface area contributed by atoms with Crippen molar-refractivity contribution in [2.45, 2.75) is 91.4 Å². The average Bonchev–Trinajstić information content (AvgIpc) is 3.15. The van der Waals surface area contributed by atoms with E-state index in [0.717, 1.165) is 17.8 Å². The summed E-state index contributed by atoms with van der Waals surface area (Å²) in [5.74, 6) is 2.97. The standard InChI is InChI=1S/C25H45N/c1-6-9-10-15-25(8-3,14-7-2)16-13-21(4)11-12-22-17-23-19-26(5)20-24(23)18-22/h6,11,22-24H,1,7-10,12-20H2,2-5H3/b21-11-. The van der Waals surface area contributed by atoms with E-state index < -0.39 is 0 Å². The van der Waals surface area contributed by atoms with E-state index in [1.54, 1.807) is 5.57 Å². The van der Waals surface area contributed by atoms with Crippen LogP contribution in [0.4, 0.5) is 0 Å². The molecule has 0 aromatic rings. The normalized spacial score (nSPS) is 28.9. The Labute approximate surface area is 164 Å². The molecule has 3 atom stereocenters. The SMILES string of the molecule is C=CCCCC(CC)(CCC)CC/C(C)=C\CC1CC2CN(C)CC2C1. The largest absolute Gasteiger partial charge is 0.306 e. The molecule has 1 aliphatic carbocycles. The molecule has 3 unspecified atom stereocenters. The van der Waals surface area contributed by atoms with Crippen LogP contribution in [-0.4, -0.2) is 25.0 Å². The Hall–Kier alpha value is -0.560. The Kier molecular flexibility index (Phi) is 8.94. The van der Waals surface area contributed by atoms with Crippen molar-refractivity contribution in [2.75, 3.05) is 20.1 Å². The van der Waals surface area contributed by atoms with Crippen LogP contribution in [0, 0.1) is 23.2 Å². The lowest BCUT2D eigenvalue weighted by Gasteiger charge is -2.33. The molecule has 0 spiro atoms. The summed E-state index contributed by atoms with van der Waals surface area (Å²) in [6.07, 6.45) is 19.6. The first-order valence-electron chi connectivity index (χ1n) is 11.5. The van der Waals surface area contributed by atoms with Crippen molar-refractivity contribution in [3.8, 4) is 0 Å². The van der Waals surface area contributed by atoms with Crippen molar-refractivity contribution in [1.29, 1.82) is 0 Å². The van der Waals surface area contributed by atoms with Crippen molar-refractivity contribution >= 4 is 0 Å². The van der Waals surface area contributed by atoms with Crippen molar-refractivity contribution in [3.63, 3.8) is 0 Å². The van der Waals surface area contributed by atoms with Gasteiger partial charge in [-0.2, -0.15) is 0 Å². The van der Waals surface area contributed by atoms with Gasteiger partial charge in [-0.05, 0) is 94.9 Å². The Balaban J connectivity index is 1.78. The van der Waals surface area contributed by atoms with Gasteiger partial charge in [0.25, 0.3) is 0 Å². The summed E-state index contributed by atoms with van der Waals surface area (Å²) in [6, 6.07) is 0. The van der Waals surface area contributed by atoms with Gasteiger partial charge in [0.15, 0.2) is 0 Å². The molecule has 0 amide bonds. The topological polar surface area (TPSA) is 3.24 Å². The van der Waals surface area contributed by atoms with Gasteiger partial charge in [0.2, 0.25) is 0 Å². The number of nitrogens with zero attached hydrogens (tertiary/aromatic N) is 1. The first-order chi connectivity index (χ1) is 12.5. The lowest BCUT2D eigenvalue weighted by molar-refractivity contribution is 0.201. The van der Waals surface area contributed by atoms with Gasteiger partial charge >= 0.3 is 0 Å². The highest BCUT2D eigenvalue weighted by Gasteiger charge is 2.38. The Morgan fingerprint density at radius 3 is 2.38 bits per heavy atom. The van der Waals surface area contributed by atoms with Crippen LogP contribution in [0.5, 0.6) is 0 Å². The van der Waals surface area contributed by atoms with Crippen LogP contribution in [-0.2, 0) is 0 Å². The summed E-state index contributed by atoms with van der Waals surface area (Å²) in [6.45, 7) is 13.8. The molecular weight excluding hydrogens is 314 g/mol. The van der Waals surface area contributed by atoms with Crippen LogP contribution in [0.25, 0.3) is 0 Å². The Bertz CT molecular complexity index is 437. The van der Waals surface area contributed by atoms with Gasteiger partial charge in [-0.1, -0.05) is 44.4 Å². The van der Waals surface area contributed by atoms with Gasteiger partial charge < -0.3 is 4.90 Å².